The zero-order chi connectivity index (χ0) is 20.2. The van der Waals surface area contributed by atoms with E-state index in [1.165, 1.54) is 12.1 Å². The van der Waals surface area contributed by atoms with Crippen molar-refractivity contribution in [2.45, 2.75) is 44.7 Å². The minimum atomic E-state index is -3.56. The number of carbonyl (C=O) groups is 1. The fourth-order valence-electron chi connectivity index (χ4n) is 2.34. The summed E-state index contributed by atoms with van der Waals surface area (Å²) in [7, 11) is -3.56. The van der Waals surface area contributed by atoms with Gasteiger partial charge in [0.2, 0.25) is 15.9 Å². The molecule has 0 aromatic heterocycles. The molecule has 0 aliphatic heterocycles. The van der Waals surface area contributed by atoms with Crippen molar-refractivity contribution in [2.75, 3.05) is 10.6 Å². The Morgan fingerprint density at radius 1 is 1.00 bits per heavy atom. The van der Waals surface area contributed by atoms with E-state index in [1.807, 2.05) is 19.1 Å². The number of carbonyl (C=O) groups excluding carboxylic acids is 1. The lowest BCUT2D eigenvalue weighted by Gasteiger charge is -2.16. The number of rotatable bonds is 7. The van der Waals surface area contributed by atoms with Crippen molar-refractivity contribution in [3.63, 3.8) is 0 Å². The number of hydrogen-bond donors (Lipinski definition) is 3. The molecule has 0 fully saturated rings. The van der Waals surface area contributed by atoms with E-state index in [0.717, 1.165) is 11.3 Å². The SMILES string of the molecule is Cc1ccc(NC(C)C(=O)Nc2ccc(S(=O)(=O)NC(C)C)cc2)cc1Cl. The van der Waals surface area contributed by atoms with Crippen LogP contribution in [-0.4, -0.2) is 26.4 Å². The van der Waals surface area contributed by atoms with Crippen molar-refractivity contribution in [3.05, 3.63) is 53.1 Å². The first kappa shape index (κ1) is 21.2. The molecule has 27 heavy (non-hydrogen) atoms. The summed E-state index contributed by atoms with van der Waals surface area (Å²) in [5.41, 5.74) is 2.22. The third kappa shape index (κ3) is 5.95. The average Bonchev–Trinajstić information content (AvgIpc) is 2.57. The molecule has 0 bridgehead atoms. The first-order valence-corrected chi connectivity index (χ1v) is 10.4. The number of nitrogens with one attached hydrogen (secondary N) is 3. The van der Waals surface area contributed by atoms with Crippen molar-refractivity contribution in [3.8, 4) is 0 Å². The highest BCUT2D eigenvalue weighted by Gasteiger charge is 2.16. The van der Waals surface area contributed by atoms with E-state index in [0.29, 0.717) is 10.7 Å². The maximum atomic E-state index is 12.4. The molecule has 2 aromatic rings. The van der Waals surface area contributed by atoms with Crippen LogP contribution in [0.25, 0.3) is 0 Å². The van der Waals surface area contributed by atoms with Gasteiger partial charge in [-0.2, -0.15) is 0 Å². The molecule has 0 heterocycles. The molecule has 0 saturated heterocycles. The highest BCUT2D eigenvalue weighted by atomic mass is 35.5. The molecule has 1 atom stereocenters. The van der Waals surface area contributed by atoms with E-state index in [2.05, 4.69) is 15.4 Å². The van der Waals surface area contributed by atoms with Crippen LogP contribution in [0.5, 0.6) is 0 Å². The topological polar surface area (TPSA) is 87.3 Å². The van der Waals surface area contributed by atoms with Gasteiger partial charge in [0, 0.05) is 22.4 Å². The van der Waals surface area contributed by atoms with Crippen LogP contribution in [0.4, 0.5) is 11.4 Å². The second kappa shape index (κ2) is 8.73. The number of aryl methyl sites for hydroxylation is 1. The molecule has 0 saturated carbocycles. The highest BCUT2D eigenvalue weighted by Crippen LogP contribution is 2.21. The van der Waals surface area contributed by atoms with Crippen LogP contribution in [0.15, 0.2) is 47.4 Å². The van der Waals surface area contributed by atoms with Gasteiger partial charge < -0.3 is 10.6 Å². The molecular weight excluding hydrogens is 386 g/mol. The lowest BCUT2D eigenvalue weighted by molar-refractivity contribution is -0.116. The van der Waals surface area contributed by atoms with E-state index in [4.69, 9.17) is 11.6 Å². The van der Waals surface area contributed by atoms with Gasteiger partial charge in [0.1, 0.15) is 6.04 Å². The minimum absolute atomic E-state index is 0.148. The normalized spacial score (nSPS) is 12.7. The average molecular weight is 410 g/mol. The predicted octanol–water partition coefficient (Wildman–Crippen LogP) is 3.77. The quantitative estimate of drug-likeness (QED) is 0.649. The van der Waals surface area contributed by atoms with Crippen LogP contribution in [0.3, 0.4) is 0 Å². The first-order valence-electron chi connectivity index (χ1n) is 8.54. The van der Waals surface area contributed by atoms with E-state index >= 15 is 0 Å². The highest BCUT2D eigenvalue weighted by molar-refractivity contribution is 7.89. The van der Waals surface area contributed by atoms with Crippen LogP contribution in [0, 0.1) is 6.92 Å². The summed E-state index contributed by atoms with van der Waals surface area (Å²) in [6.45, 7) is 7.14. The number of hydrogen-bond acceptors (Lipinski definition) is 4. The molecule has 2 rings (SSSR count). The van der Waals surface area contributed by atoms with Crippen molar-refractivity contribution < 1.29 is 13.2 Å². The summed E-state index contributed by atoms with van der Waals surface area (Å²) >= 11 is 6.09. The van der Waals surface area contributed by atoms with Gasteiger partial charge in [-0.05, 0) is 69.7 Å². The van der Waals surface area contributed by atoms with Crippen LogP contribution >= 0.6 is 11.6 Å². The molecule has 0 radical (unpaired) electrons. The van der Waals surface area contributed by atoms with E-state index in [1.54, 1.807) is 39.0 Å². The van der Waals surface area contributed by atoms with Crippen molar-refractivity contribution >= 4 is 38.9 Å². The second-order valence-electron chi connectivity index (χ2n) is 6.62. The van der Waals surface area contributed by atoms with Crippen molar-refractivity contribution in [2.24, 2.45) is 0 Å². The summed E-state index contributed by atoms with van der Waals surface area (Å²) in [4.78, 5) is 12.5. The monoisotopic (exact) mass is 409 g/mol. The Bertz CT molecular complexity index is 912. The Hall–Kier alpha value is -2.09. The van der Waals surface area contributed by atoms with Crippen LogP contribution < -0.4 is 15.4 Å². The fourth-order valence-corrected chi connectivity index (χ4v) is 3.78. The van der Waals surface area contributed by atoms with Crippen LogP contribution in [0.1, 0.15) is 26.3 Å². The Kier molecular flexibility index (Phi) is 6.86. The molecule has 0 spiro atoms. The lowest BCUT2D eigenvalue weighted by atomic mass is 10.2. The number of halogens is 1. The van der Waals surface area contributed by atoms with Gasteiger partial charge in [0.25, 0.3) is 0 Å². The van der Waals surface area contributed by atoms with Gasteiger partial charge >= 0.3 is 0 Å². The summed E-state index contributed by atoms with van der Waals surface area (Å²) in [5, 5.41) is 6.47. The molecule has 8 heteroatoms. The first-order chi connectivity index (χ1) is 12.6. The third-order valence-electron chi connectivity index (χ3n) is 3.77. The molecule has 2 aromatic carbocycles. The third-order valence-corrected chi connectivity index (χ3v) is 5.85. The molecule has 3 N–H and O–H groups in total. The fraction of sp³-hybridized carbons (Fsp3) is 0.316. The van der Waals surface area contributed by atoms with E-state index in [9.17, 15) is 13.2 Å². The largest absolute Gasteiger partial charge is 0.374 e. The van der Waals surface area contributed by atoms with Crippen LogP contribution in [0.2, 0.25) is 5.02 Å². The molecule has 1 unspecified atom stereocenters. The van der Waals surface area contributed by atoms with Crippen molar-refractivity contribution in [1.29, 1.82) is 0 Å². The van der Waals surface area contributed by atoms with Crippen LogP contribution in [-0.2, 0) is 14.8 Å². The zero-order valence-corrected chi connectivity index (χ0v) is 17.3. The number of sulfonamides is 1. The maximum Gasteiger partial charge on any atom is 0.246 e. The molecule has 6 nitrogen and oxygen atoms in total. The van der Waals surface area contributed by atoms with Gasteiger partial charge in [-0.1, -0.05) is 17.7 Å². The van der Waals surface area contributed by atoms with Gasteiger partial charge in [0.05, 0.1) is 4.90 Å². The zero-order valence-electron chi connectivity index (χ0n) is 15.7. The number of anilines is 2. The maximum absolute atomic E-state index is 12.4. The van der Waals surface area contributed by atoms with Gasteiger partial charge in [-0.25, -0.2) is 13.1 Å². The van der Waals surface area contributed by atoms with E-state index in [-0.39, 0.29) is 16.8 Å². The Morgan fingerprint density at radius 2 is 1.59 bits per heavy atom. The summed E-state index contributed by atoms with van der Waals surface area (Å²) < 4.78 is 26.8. The predicted molar refractivity (Wildman–Crippen MR) is 110 cm³/mol. The second-order valence-corrected chi connectivity index (χ2v) is 8.74. The van der Waals surface area contributed by atoms with E-state index < -0.39 is 16.1 Å². The minimum Gasteiger partial charge on any atom is -0.374 e. The smallest absolute Gasteiger partial charge is 0.246 e. The summed E-state index contributed by atoms with van der Waals surface area (Å²) in [5.74, 6) is -0.248. The van der Waals surface area contributed by atoms with Crippen molar-refractivity contribution in [1.82, 2.24) is 4.72 Å². The van der Waals surface area contributed by atoms with Gasteiger partial charge in [-0.3, -0.25) is 4.79 Å². The molecule has 0 aliphatic carbocycles. The standard InChI is InChI=1S/C19H24ClN3O3S/c1-12(2)23-27(25,26)17-9-7-15(8-10-17)22-19(24)14(4)21-16-6-5-13(3)18(20)11-16/h5-12,14,21,23H,1-4H3,(H,22,24). The molecule has 1 amide bonds. The molecular formula is C19H24ClN3O3S. The Labute approximate surface area is 165 Å². The summed E-state index contributed by atoms with van der Waals surface area (Å²) in [6.07, 6.45) is 0. The number of amides is 1. The number of benzene rings is 2. The molecule has 0 aliphatic rings. The Morgan fingerprint density at radius 3 is 2.15 bits per heavy atom. The van der Waals surface area contributed by atoms with Gasteiger partial charge in [0.15, 0.2) is 0 Å². The lowest BCUT2D eigenvalue weighted by Crippen LogP contribution is -2.32. The Balaban J connectivity index is 2.01. The van der Waals surface area contributed by atoms with Gasteiger partial charge in [-0.15, -0.1) is 0 Å². The molecule has 146 valence electrons. The summed E-state index contributed by atoms with van der Waals surface area (Å²) in [6, 6.07) is 10.8.